The van der Waals surface area contributed by atoms with Crippen molar-refractivity contribution in [2.75, 3.05) is 6.54 Å². The minimum absolute atomic E-state index is 0.197. The summed E-state index contributed by atoms with van der Waals surface area (Å²) in [6, 6.07) is 0.685. The van der Waals surface area contributed by atoms with Gasteiger partial charge in [0.15, 0.2) is 0 Å². The highest BCUT2D eigenvalue weighted by Gasteiger charge is 2.27. The maximum absolute atomic E-state index is 11.8. The Bertz CT molecular complexity index is 241. The summed E-state index contributed by atoms with van der Waals surface area (Å²) in [7, 11) is 0. The fourth-order valence-electron chi connectivity index (χ4n) is 2.53. The molecule has 0 radical (unpaired) electrons. The lowest BCUT2D eigenvalue weighted by molar-refractivity contribution is -0.122. The Balaban J connectivity index is 2.23. The van der Waals surface area contributed by atoms with Crippen LogP contribution in [0.4, 0.5) is 0 Å². The summed E-state index contributed by atoms with van der Waals surface area (Å²) in [5.41, 5.74) is 0.471. The third-order valence-corrected chi connectivity index (χ3v) is 3.75. The second-order valence-corrected chi connectivity index (χ2v) is 6.17. The smallest absolute Gasteiger partial charge is 0.221 e. The summed E-state index contributed by atoms with van der Waals surface area (Å²) in [6.45, 7) is 9.69. The molecule has 1 aliphatic rings. The maximum atomic E-state index is 11.8. The molecule has 0 bridgehead atoms. The van der Waals surface area contributed by atoms with Gasteiger partial charge in [-0.3, -0.25) is 4.79 Å². The average molecular weight is 240 g/mol. The molecule has 100 valence electrons. The molecule has 17 heavy (non-hydrogen) atoms. The standard InChI is InChI=1S/C14H28N2O/c1-5-15-11(2)10-13(17)16-12-6-8-14(3,4)9-7-12/h11-12,15H,5-10H2,1-4H3,(H,16,17). The van der Waals surface area contributed by atoms with Gasteiger partial charge in [0, 0.05) is 18.5 Å². The molecule has 1 amide bonds. The summed E-state index contributed by atoms with van der Waals surface area (Å²) in [5.74, 6) is 0.197. The molecule has 1 atom stereocenters. The summed E-state index contributed by atoms with van der Waals surface area (Å²) >= 11 is 0. The summed E-state index contributed by atoms with van der Waals surface area (Å²) in [5, 5.41) is 6.43. The van der Waals surface area contributed by atoms with Crippen LogP contribution in [0.15, 0.2) is 0 Å². The Hall–Kier alpha value is -0.570. The highest BCUT2D eigenvalue weighted by Crippen LogP contribution is 2.34. The van der Waals surface area contributed by atoms with Crippen molar-refractivity contribution in [3.8, 4) is 0 Å². The molecule has 1 rings (SSSR count). The predicted octanol–water partition coefficient (Wildman–Crippen LogP) is 2.46. The van der Waals surface area contributed by atoms with Crippen molar-refractivity contribution in [3.63, 3.8) is 0 Å². The van der Waals surface area contributed by atoms with Crippen LogP contribution < -0.4 is 10.6 Å². The van der Waals surface area contributed by atoms with Gasteiger partial charge < -0.3 is 10.6 Å². The van der Waals surface area contributed by atoms with Gasteiger partial charge in [0.2, 0.25) is 5.91 Å². The van der Waals surface area contributed by atoms with Crippen molar-refractivity contribution in [1.82, 2.24) is 10.6 Å². The zero-order chi connectivity index (χ0) is 12.9. The fourth-order valence-corrected chi connectivity index (χ4v) is 2.53. The van der Waals surface area contributed by atoms with Gasteiger partial charge in [-0.25, -0.2) is 0 Å². The third kappa shape index (κ3) is 5.53. The predicted molar refractivity (Wildman–Crippen MR) is 71.9 cm³/mol. The van der Waals surface area contributed by atoms with E-state index >= 15 is 0 Å². The van der Waals surface area contributed by atoms with Crippen molar-refractivity contribution in [3.05, 3.63) is 0 Å². The van der Waals surface area contributed by atoms with E-state index in [0.29, 0.717) is 17.9 Å². The Labute approximate surface area is 106 Å². The van der Waals surface area contributed by atoms with Crippen LogP contribution in [-0.2, 0) is 4.79 Å². The number of nitrogens with one attached hydrogen (secondary N) is 2. The van der Waals surface area contributed by atoms with E-state index in [2.05, 4.69) is 38.3 Å². The van der Waals surface area contributed by atoms with Gasteiger partial charge in [0.1, 0.15) is 0 Å². The highest BCUT2D eigenvalue weighted by molar-refractivity contribution is 5.76. The van der Waals surface area contributed by atoms with Crippen LogP contribution in [0.1, 0.15) is 59.8 Å². The van der Waals surface area contributed by atoms with Crippen molar-refractivity contribution in [2.45, 2.75) is 71.9 Å². The molecule has 0 aromatic rings. The quantitative estimate of drug-likeness (QED) is 0.775. The van der Waals surface area contributed by atoms with E-state index in [0.717, 1.165) is 19.4 Å². The third-order valence-electron chi connectivity index (χ3n) is 3.75. The number of hydrogen-bond donors (Lipinski definition) is 2. The first-order valence-electron chi connectivity index (χ1n) is 6.95. The van der Waals surface area contributed by atoms with Gasteiger partial charge >= 0.3 is 0 Å². The summed E-state index contributed by atoms with van der Waals surface area (Å²) in [4.78, 5) is 11.8. The molecule has 0 spiro atoms. The first-order valence-corrected chi connectivity index (χ1v) is 6.95. The Morgan fingerprint density at radius 1 is 1.35 bits per heavy atom. The lowest BCUT2D eigenvalue weighted by atomic mass is 9.75. The van der Waals surface area contributed by atoms with E-state index < -0.39 is 0 Å². The Kier molecular flexibility index (Phi) is 5.44. The van der Waals surface area contributed by atoms with Crippen LogP contribution in [0.5, 0.6) is 0 Å². The Morgan fingerprint density at radius 2 is 1.94 bits per heavy atom. The second kappa shape index (κ2) is 6.39. The molecule has 2 N–H and O–H groups in total. The highest BCUT2D eigenvalue weighted by atomic mass is 16.1. The SMILES string of the molecule is CCNC(C)CC(=O)NC1CCC(C)(C)CC1. The molecule has 0 aromatic heterocycles. The molecule has 1 unspecified atom stereocenters. The molecule has 0 heterocycles. The summed E-state index contributed by atoms with van der Waals surface area (Å²) in [6.07, 6.45) is 5.30. The first kappa shape index (κ1) is 14.5. The zero-order valence-corrected chi connectivity index (χ0v) is 11.8. The molecule has 3 nitrogen and oxygen atoms in total. The molecular formula is C14H28N2O. The van der Waals surface area contributed by atoms with Gasteiger partial charge in [0.25, 0.3) is 0 Å². The van der Waals surface area contributed by atoms with Gasteiger partial charge in [-0.2, -0.15) is 0 Å². The molecule has 1 fully saturated rings. The summed E-state index contributed by atoms with van der Waals surface area (Å²) < 4.78 is 0. The molecule has 3 heteroatoms. The van der Waals surface area contributed by atoms with E-state index in [1.54, 1.807) is 0 Å². The lowest BCUT2D eigenvalue weighted by Crippen LogP contribution is -2.41. The topological polar surface area (TPSA) is 41.1 Å². The first-order chi connectivity index (χ1) is 7.93. The van der Waals surface area contributed by atoms with E-state index in [-0.39, 0.29) is 11.9 Å². The molecule has 1 saturated carbocycles. The number of carbonyl (C=O) groups excluding carboxylic acids is 1. The minimum Gasteiger partial charge on any atom is -0.353 e. The largest absolute Gasteiger partial charge is 0.353 e. The second-order valence-electron chi connectivity index (χ2n) is 6.17. The zero-order valence-electron chi connectivity index (χ0n) is 11.8. The van der Waals surface area contributed by atoms with Crippen molar-refractivity contribution in [2.24, 2.45) is 5.41 Å². The van der Waals surface area contributed by atoms with Crippen LogP contribution in [0.25, 0.3) is 0 Å². The van der Waals surface area contributed by atoms with E-state index in [1.165, 1.54) is 12.8 Å². The van der Waals surface area contributed by atoms with Gasteiger partial charge in [-0.05, 0) is 44.6 Å². The van der Waals surface area contributed by atoms with Crippen LogP contribution in [0.3, 0.4) is 0 Å². The van der Waals surface area contributed by atoms with E-state index in [1.807, 2.05) is 0 Å². The van der Waals surface area contributed by atoms with Crippen molar-refractivity contribution >= 4 is 5.91 Å². The van der Waals surface area contributed by atoms with Crippen LogP contribution in [0.2, 0.25) is 0 Å². The molecule has 0 aliphatic heterocycles. The van der Waals surface area contributed by atoms with Gasteiger partial charge in [0.05, 0.1) is 0 Å². The van der Waals surface area contributed by atoms with Crippen molar-refractivity contribution < 1.29 is 4.79 Å². The molecule has 1 aliphatic carbocycles. The lowest BCUT2D eigenvalue weighted by Gasteiger charge is -2.34. The molecule has 0 saturated heterocycles. The fraction of sp³-hybridized carbons (Fsp3) is 0.929. The number of carbonyl (C=O) groups is 1. The van der Waals surface area contributed by atoms with Crippen LogP contribution in [0, 0.1) is 5.41 Å². The van der Waals surface area contributed by atoms with Gasteiger partial charge in [-0.15, -0.1) is 0 Å². The number of rotatable bonds is 5. The van der Waals surface area contributed by atoms with Crippen molar-refractivity contribution in [1.29, 1.82) is 0 Å². The minimum atomic E-state index is 0.197. The maximum Gasteiger partial charge on any atom is 0.221 e. The monoisotopic (exact) mass is 240 g/mol. The van der Waals surface area contributed by atoms with E-state index in [4.69, 9.17) is 0 Å². The normalized spacial score (nSPS) is 22.1. The van der Waals surface area contributed by atoms with Crippen LogP contribution in [-0.4, -0.2) is 24.5 Å². The molecule has 0 aromatic carbocycles. The number of hydrogen-bond acceptors (Lipinski definition) is 2. The van der Waals surface area contributed by atoms with E-state index in [9.17, 15) is 4.79 Å². The average Bonchev–Trinajstić information content (AvgIpc) is 2.21. The van der Waals surface area contributed by atoms with Gasteiger partial charge in [-0.1, -0.05) is 20.8 Å². The number of amides is 1. The molecular weight excluding hydrogens is 212 g/mol. The van der Waals surface area contributed by atoms with Crippen LogP contribution >= 0.6 is 0 Å². The Morgan fingerprint density at radius 3 is 2.47 bits per heavy atom.